The first-order valence-corrected chi connectivity index (χ1v) is 5.38. The smallest absolute Gasteiger partial charge is 0.0548 e. The third-order valence-corrected chi connectivity index (χ3v) is 3.41. The summed E-state index contributed by atoms with van der Waals surface area (Å²) in [6.07, 6.45) is 14.7. The van der Waals surface area contributed by atoms with Gasteiger partial charge in [-0.2, -0.15) is 0 Å². The van der Waals surface area contributed by atoms with Crippen LogP contribution >= 0.6 is 0 Å². The minimum Gasteiger partial charge on any atom is -0.381 e. The van der Waals surface area contributed by atoms with E-state index in [-0.39, 0.29) is 0 Å². The molecule has 0 bridgehead atoms. The van der Waals surface area contributed by atoms with Gasteiger partial charge < -0.3 is 5.32 Å². The summed E-state index contributed by atoms with van der Waals surface area (Å²) in [4.78, 5) is 0. The summed E-state index contributed by atoms with van der Waals surface area (Å²) in [5, 5.41) is 3.63. The maximum absolute atomic E-state index is 3.63. The molecule has 0 fully saturated rings. The van der Waals surface area contributed by atoms with Gasteiger partial charge in [0, 0.05) is 11.6 Å². The van der Waals surface area contributed by atoms with Gasteiger partial charge in [-0.05, 0) is 17.9 Å². The monoisotopic (exact) mass is 185 g/mol. The van der Waals surface area contributed by atoms with Crippen molar-refractivity contribution in [1.82, 2.24) is 5.32 Å². The predicted octanol–water partition coefficient (Wildman–Crippen LogP) is 2.55. The highest BCUT2D eigenvalue weighted by Gasteiger charge is 2.33. The van der Waals surface area contributed by atoms with Crippen LogP contribution < -0.4 is 5.32 Å². The van der Waals surface area contributed by atoms with Crippen LogP contribution in [0.15, 0.2) is 47.7 Å². The van der Waals surface area contributed by atoms with E-state index >= 15 is 0 Å². The van der Waals surface area contributed by atoms with Gasteiger partial charge in [-0.15, -0.1) is 0 Å². The first-order valence-electron chi connectivity index (χ1n) is 5.38. The van der Waals surface area contributed by atoms with Crippen LogP contribution in [0.3, 0.4) is 0 Å². The highest BCUT2D eigenvalue weighted by Crippen LogP contribution is 2.37. The van der Waals surface area contributed by atoms with Gasteiger partial charge in [0.25, 0.3) is 0 Å². The fourth-order valence-electron chi connectivity index (χ4n) is 2.63. The molecule has 0 aromatic rings. The Kier molecular flexibility index (Phi) is 1.66. The van der Waals surface area contributed by atoms with Gasteiger partial charge in [0.05, 0.1) is 6.04 Å². The summed E-state index contributed by atoms with van der Waals surface area (Å²) in [6.45, 7) is 2.30. The first-order chi connectivity index (χ1) is 6.86. The lowest BCUT2D eigenvalue weighted by atomic mass is 9.86. The van der Waals surface area contributed by atoms with Crippen LogP contribution in [0.5, 0.6) is 0 Å². The molecule has 0 spiro atoms. The maximum Gasteiger partial charge on any atom is 0.0548 e. The lowest BCUT2D eigenvalue weighted by Crippen LogP contribution is -2.27. The zero-order valence-corrected chi connectivity index (χ0v) is 8.40. The second-order valence-electron chi connectivity index (χ2n) is 4.37. The number of hydrogen-bond acceptors (Lipinski definition) is 1. The molecule has 2 aliphatic carbocycles. The summed E-state index contributed by atoms with van der Waals surface area (Å²) >= 11 is 0. The Bertz CT molecular complexity index is 371. The van der Waals surface area contributed by atoms with Crippen LogP contribution in [0, 0.1) is 11.8 Å². The van der Waals surface area contributed by atoms with Crippen molar-refractivity contribution >= 4 is 0 Å². The van der Waals surface area contributed by atoms with E-state index in [1.165, 1.54) is 17.7 Å². The van der Waals surface area contributed by atoms with E-state index in [2.05, 4.69) is 48.7 Å². The van der Waals surface area contributed by atoms with Gasteiger partial charge in [-0.25, -0.2) is 0 Å². The molecule has 0 radical (unpaired) electrons. The maximum atomic E-state index is 3.63. The minimum atomic E-state index is 0.509. The Labute approximate surface area is 84.9 Å². The zero-order valence-electron chi connectivity index (χ0n) is 8.40. The van der Waals surface area contributed by atoms with Crippen molar-refractivity contribution in [3.05, 3.63) is 47.7 Å². The quantitative estimate of drug-likeness (QED) is 0.611. The van der Waals surface area contributed by atoms with E-state index in [1.54, 1.807) is 0 Å². The summed E-state index contributed by atoms with van der Waals surface area (Å²) in [6, 6.07) is 0.509. The van der Waals surface area contributed by atoms with Crippen molar-refractivity contribution in [2.24, 2.45) is 11.8 Å². The number of rotatable bonds is 0. The molecule has 1 nitrogen and oxygen atoms in total. The van der Waals surface area contributed by atoms with Crippen molar-refractivity contribution in [3.8, 4) is 0 Å². The third-order valence-electron chi connectivity index (χ3n) is 3.41. The number of hydrogen-bond donors (Lipinski definition) is 1. The van der Waals surface area contributed by atoms with E-state index in [9.17, 15) is 0 Å². The van der Waals surface area contributed by atoms with Crippen molar-refractivity contribution < 1.29 is 0 Å². The molecule has 14 heavy (non-hydrogen) atoms. The molecule has 0 amide bonds. The molecule has 3 atom stereocenters. The lowest BCUT2D eigenvalue weighted by molar-refractivity contribution is 0.583. The van der Waals surface area contributed by atoms with E-state index in [0.717, 1.165) is 0 Å². The van der Waals surface area contributed by atoms with Crippen LogP contribution in [0.2, 0.25) is 0 Å². The highest BCUT2D eigenvalue weighted by atomic mass is 15.0. The fourth-order valence-corrected chi connectivity index (χ4v) is 2.63. The largest absolute Gasteiger partial charge is 0.381 e. The normalized spacial score (nSPS) is 38.2. The molecule has 3 rings (SSSR count). The minimum absolute atomic E-state index is 0.509. The average molecular weight is 185 g/mol. The van der Waals surface area contributed by atoms with Crippen molar-refractivity contribution in [2.45, 2.75) is 19.4 Å². The molecule has 0 aromatic heterocycles. The van der Waals surface area contributed by atoms with Gasteiger partial charge in [-0.1, -0.05) is 43.4 Å². The Morgan fingerprint density at radius 3 is 3.07 bits per heavy atom. The Morgan fingerprint density at radius 1 is 1.29 bits per heavy atom. The molecule has 3 aliphatic rings. The standard InChI is InChI=1S/C13H15N/c1-9-5-4-7-11-10-6-2-3-8-12(10)14-13(9)11/h2-4,6-10,12,14H,5H2,1H3. The summed E-state index contributed by atoms with van der Waals surface area (Å²) in [5.74, 6) is 1.25. The zero-order chi connectivity index (χ0) is 9.54. The van der Waals surface area contributed by atoms with Crippen LogP contribution in [-0.2, 0) is 0 Å². The third kappa shape index (κ3) is 1.02. The van der Waals surface area contributed by atoms with Crippen LogP contribution in [0.25, 0.3) is 0 Å². The van der Waals surface area contributed by atoms with Gasteiger partial charge in [-0.3, -0.25) is 0 Å². The second-order valence-corrected chi connectivity index (χ2v) is 4.37. The van der Waals surface area contributed by atoms with Gasteiger partial charge in [0.2, 0.25) is 0 Å². The highest BCUT2D eigenvalue weighted by molar-refractivity contribution is 5.44. The van der Waals surface area contributed by atoms with Crippen LogP contribution in [-0.4, -0.2) is 6.04 Å². The van der Waals surface area contributed by atoms with E-state index in [0.29, 0.717) is 17.9 Å². The van der Waals surface area contributed by atoms with Crippen LogP contribution in [0.4, 0.5) is 0 Å². The molecule has 1 aliphatic heterocycles. The molecule has 1 N–H and O–H groups in total. The summed E-state index contributed by atoms with van der Waals surface area (Å²) < 4.78 is 0. The fraction of sp³-hybridized carbons (Fsp3) is 0.385. The van der Waals surface area contributed by atoms with Crippen molar-refractivity contribution in [1.29, 1.82) is 0 Å². The lowest BCUT2D eigenvalue weighted by Gasteiger charge is -2.17. The average Bonchev–Trinajstić information content (AvgIpc) is 2.59. The molecular weight excluding hydrogens is 170 g/mol. The topological polar surface area (TPSA) is 12.0 Å². The number of fused-ring (bicyclic) bond motifs is 2. The molecule has 72 valence electrons. The molecular formula is C13H15N. The molecule has 0 saturated heterocycles. The van der Waals surface area contributed by atoms with Crippen LogP contribution in [0.1, 0.15) is 13.3 Å². The SMILES string of the molecule is CC1CC=CC2=C1NC1C=CC=CC21. The molecule has 0 saturated carbocycles. The summed E-state index contributed by atoms with van der Waals surface area (Å²) in [7, 11) is 0. The Morgan fingerprint density at radius 2 is 2.14 bits per heavy atom. The van der Waals surface area contributed by atoms with Crippen molar-refractivity contribution in [3.63, 3.8) is 0 Å². The van der Waals surface area contributed by atoms with Gasteiger partial charge >= 0.3 is 0 Å². The van der Waals surface area contributed by atoms with Gasteiger partial charge in [0.15, 0.2) is 0 Å². The van der Waals surface area contributed by atoms with E-state index in [1.807, 2.05) is 0 Å². The van der Waals surface area contributed by atoms with E-state index < -0.39 is 0 Å². The number of nitrogens with one attached hydrogen (secondary N) is 1. The Balaban J connectivity index is 2.01. The Hall–Kier alpha value is -1.24. The van der Waals surface area contributed by atoms with Gasteiger partial charge in [0.1, 0.15) is 0 Å². The molecule has 1 heterocycles. The summed E-state index contributed by atoms with van der Waals surface area (Å²) in [5.41, 5.74) is 2.98. The van der Waals surface area contributed by atoms with Crippen molar-refractivity contribution in [2.75, 3.05) is 0 Å². The molecule has 0 aromatic carbocycles. The first kappa shape index (κ1) is 8.10. The molecule has 1 heteroatoms. The molecule has 3 unspecified atom stereocenters. The second kappa shape index (κ2) is 2.88. The number of allylic oxidation sites excluding steroid dienone is 5. The predicted molar refractivity (Wildman–Crippen MR) is 58.6 cm³/mol. The van der Waals surface area contributed by atoms with E-state index in [4.69, 9.17) is 0 Å².